The lowest BCUT2D eigenvalue weighted by Gasteiger charge is -2.12. The van der Waals surface area contributed by atoms with Gasteiger partial charge in [-0.1, -0.05) is 35.4 Å². The van der Waals surface area contributed by atoms with Crippen molar-refractivity contribution in [1.29, 1.82) is 0 Å². The lowest BCUT2D eigenvalue weighted by atomic mass is 10.1. The predicted molar refractivity (Wildman–Crippen MR) is 124 cm³/mol. The fraction of sp³-hybridized carbons (Fsp3) is 0.217. The highest BCUT2D eigenvalue weighted by Crippen LogP contribution is 2.23. The Bertz CT molecular complexity index is 1200. The Morgan fingerprint density at radius 1 is 1.03 bits per heavy atom. The molecule has 0 aliphatic carbocycles. The molecule has 2 N–H and O–H groups in total. The van der Waals surface area contributed by atoms with E-state index in [0.29, 0.717) is 23.4 Å². The third-order valence-corrected chi connectivity index (χ3v) is 5.01. The number of amides is 2. The molecule has 2 aromatic heterocycles. The van der Waals surface area contributed by atoms with Crippen molar-refractivity contribution < 1.29 is 9.21 Å². The van der Waals surface area contributed by atoms with E-state index in [1.54, 1.807) is 17.0 Å². The fourth-order valence-corrected chi connectivity index (χ4v) is 3.17. The van der Waals surface area contributed by atoms with Gasteiger partial charge in [-0.2, -0.15) is 5.10 Å². The zero-order valence-electron chi connectivity index (χ0n) is 18.4. The molecule has 0 bridgehead atoms. The van der Waals surface area contributed by atoms with Gasteiger partial charge in [-0.15, -0.1) is 5.10 Å². The molecule has 0 aliphatic rings. The second-order valence-corrected chi connectivity index (χ2v) is 7.67. The molecule has 0 fully saturated rings. The van der Waals surface area contributed by atoms with Crippen LogP contribution in [0.5, 0.6) is 0 Å². The Hall–Kier alpha value is -4.14. The Labute approximate surface area is 186 Å². The van der Waals surface area contributed by atoms with Crippen LogP contribution in [0, 0.1) is 6.92 Å². The van der Waals surface area contributed by atoms with Crippen molar-refractivity contribution in [1.82, 2.24) is 20.0 Å². The Balaban J connectivity index is 1.40. The summed E-state index contributed by atoms with van der Waals surface area (Å²) < 4.78 is 7.44. The lowest BCUT2D eigenvalue weighted by Crippen LogP contribution is -2.20. The first-order chi connectivity index (χ1) is 15.4. The van der Waals surface area contributed by atoms with Crippen LogP contribution in [0.4, 0.5) is 22.3 Å². The molecule has 0 saturated carbocycles. The van der Waals surface area contributed by atoms with Gasteiger partial charge in [0.25, 0.3) is 0 Å². The number of aryl methyl sites for hydroxylation is 1. The fourth-order valence-electron chi connectivity index (χ4n) is 3.17. The first-order valence-corrected chi connectivity index (χ1v) is 10.2. The van der Waals surface area contributed by atoms with Gasteiger partial charge >= 0.3 is 12.0 Å². The standard InChI is InChI=1S/C23H25N7O2/c1-15-14-30(16(2)17-8-6-5-7-9-17)28-20(15)25-22(31)24-19-12-10-18(11-13-19)21-26-27-23(32-21)29(3)4/h5-14,16H,1-4H3,(H2,24,25,28,31). The molecule has 4 aromatic rings. The Morgan fingerprint density at radius 2 is 1.75 bits per heavy atom. The van der Waals surface area contributed by atoms with Crippen LogP contribution in [0.15, 0.2) is 65.2 Å². The number of hydrogen-bond acceptors (Lipinski definition) is 6. The van der Waals surface area contributed by atoms with Crippen molar-refractivity contribution in [2.24, 2.45) is 0 Å². The number of aromatic nitrogens is 4. The quantitative estimate of drug-likeness (QED) is 0.464. The van der Waals surface area contributed by atoms with Crippen LogP contribution in [0.2, 0.25) is 0 Å². The maximum absolute atomic E-state index is 12.5. The van der Waals surface area contributed by atoms with Crippen LogP contribution in [-0.4, -0.2) is 40.1 Å². The first kappa shape index (κ1) is 21.1. The SMILES string of the molecule is Cc1cn(C(C)c2ccccc2)nc1NC(=O)Nc1ccc(-c2nnc(N(C)C)o2)cc1. The average Bonchev–Trinajstić information content (AvgIpc) is 3.42. The lowest BCUT2D eigenvalue weighted by molar-refractivity contribution is 0.262. The minimum atomic E-state index is -0.369. The highest BCUT2D eigenvalue weighted by molar-refractivity contribution is 5.99. The van der Waals surface area contributed by atoms with E-state index in [0.717, 1.165) is 16.7 Å². The molecule has 4 rings (SSSR count). The smallest absolute Gasteiger partial charge is 0.324 e. The summed E-state index contributed by atoms with van der Waals surface area (Å²) in [4.78, 5) is 14.2. The van der Waals surface area contributed by atoms with E-state index < -0.39 is 0 Å². The summed E-state index contributed by atoms with van der Waals surface area (Å²) in [5, 5.41) is 18.2. The molecule has 0 aliphatic heterocycles. The van der Waals surface area contributed by atoms with E-state index >= 15 is 0 Å². The zero-order chi connectivity index (χ0) is 22.7. The zero-order valence-corrected chi connectivity index (χ0v) is 18.4. The van der Waals surface area contributed by atoms with Gasteiger partial charge < -0.3 is 14.6 Å². The minimum absolute atomic E-state index is 0.0544. The van der Waals surface area contributed by atoms with E-state index in [-0.39, 0.29) is 12.1 Å². The van der Waals surface area contributed by atoms with E-state index in [9.17, 15) is 4.79 Å². The van der Waals surface area contributed by atoms with Crippen molar-refractivity contribution in [2.45, 2.75) is 19.9 Å². The summed E-state index contributed by atoms with van der Waals surface area (Å²) in [5.41, 5.74) is 3.42. The number of urea groups is 1. The number of hydrogen-bond donors (Lipinski definition) is 2. The third-order valence-electron chi connectivity index (χ3n) is 5.01. The van der Waals surface area contributed by atoms with Gasteiger partial charge in [0.05, 0.1) is 6.04 Å². The van der Waals surface area contributed by atoms with Crippen LogP contribution in [0.3, 0.4) is 0 Å². The number of carbonyl (C=O) groups is 1. The largest absolute Gasteiger partial charge is 0.403 e. The van der Waals surface area contributed by atoms with Gasteiger partial charge in [0.2, 0.25) is 5.89 Å². The second-order valence-electron chi connectivity index (χ2n) is 7.67. The molecule has 1 unspecified atom stereocenters. The van der Waals surface area contributed by atoms with E-state index in [2.05, 4.69) is 45.0 Å². The van der Waals surface area contributed by atoms with Crippen molar-refractivity contribution in [3.8, 4) is 11.5 Å². The molecular formula is C23H25N7O2. The van der Waals surface area contributed by atoms with Gasteiger partial charge in [0.1, 0.15) is 0 Å². The number of nitrogens with zero attached hydrogens (tertiary/aromatic N) is 5. The summed E-state index contributed by atoms with van der Waals surface area (Å²) in [6.45, 7) is 3.98. The van der Waals surface area contributed by atoms with Crippen molar-refractivity contribution in [2.75, 3.05) is 29.6 Å². The van der Waals surface area contributed by atoms with Crippen molar-refractivity contribution in [3.63, 3.8) is 0 Å². The van der Waals surface area contributed by atoms with Crippen LogP contribution in [0.25, 0.3) is 11.5 Å². The van der Waals surface area contributed by atoms with Crippen molar-refractivity contribution >= 4 is 23.6 Å². The maximum Gasteiger partial charge on any atom is 0.324 e. The summed E-state index contributed by atoms with van der Waals surface area (Å²) in [6.07, 6.45) is 1.93. The summed E-state index contributed by atoms with van der Waals surface area (Å²) in [6, 6.07) is 17.4. The first-order valence-electron chi connectivity index (χ1n) is 10.2. The summed E-state index contributed by atoms with van der Waals surface area (Å²) in [7, 11) is 3.66. The summed E-state index contributed by atoms with van der Waals surface area (Å²) in [5.74, 6) is 0.933. The molecule has 164 valence electrons. The molecule has 0 radical (unpaired) electrons. The Kier molecular flexibility index (Phi) is 5.89. The monoisotopic (exact) mass is 431 g/mol. The molecule has 2 heterocycles. The van der Waals surface area contributed by atoms with E-state index in [1.807, 2.05) is 62.2 Å². The number of carbonyl (C=O) groups excluding carboxylic acids is 1. The van der Waals surface area contributed by atoms with Crippen LogP contribution >= 0.6 is 0 Å². The van der Waals surface area contributed by atoms with Crippen molar-refractivity contribution in [3.05, 3.63) is 71.9 Å². The van der Waals surface area contributed by atoms with Gasteiger partial charge in [-0.05, 0) is 43.7 Å². The van der Waals surface area contributed by atoms with Crippen LogP contribution < -0.4 is 15.5 Å². The van der Waals surface area contributed by atoms with Gasteiger partial charge in [0, 0.05) is 37.1 Å². The Morgan fingerprint density at radius 3 is 2.41 bits per heavy atom. The molecule has 0 saturated heterocycles. The molecule has 2 aromatic carbocycles. The van der Waals surface area contributed by atoms with Gasteiger partial charge in [-0.25, -0.2) is 4.79 Å². The predicted octanol–water partition coefficient (Wildman–Crippen LogP) is 4.56. The number of anilines is 3. The highest BCUT2D eigenvalue weighted by Gasteiger charge is 2.14. The molecule has 2 amide bonds. The second kappa shape index (κ2) is 8.93. The van der Waals surface area contributed by atoms with Gasteiger partial charge in [-0.3, -0.25) is 10.00 Å². The van der Waals surface area contributed by atoms with Crippen LogP contribution in [0.1, 0.15) is 24.1 Å². The molecule has 0 spiro atoms. The third kappa shape index (κ3) is 4.61. The normalized spacial score (nSPS) is 11.8. The molecule has 1 atom stereocenters. The maximum atomic E-state index is 12.5. The summed E-state index contributed by atoms with van der Waals surface area (Å²) >= 11 is 0. The molecular weight excluding hydrogens is 406 g/mol. The van der Waals surface area contributed by atoms with E-state index in [4.69, 9.17) is 4.42 Å². The van der Waals surface area contributed by atoms with E-state index in [1.165, 1.54) is 0 Å². The molecule has 9 nitrogen and oxygen atoms in total. The highest BCUT2D eigenvalue weighted by atomic mass is 16.4. The number of rotatable bonds is 6. The number of nitrogens with one attached hydrogen (secondary N) is 2. The van der Waals surface area contributed by atoms with Crippen LogP contribution in [-0.2, 0) is 0 Å². The minimum Gasteiger partial charge on any atom is -0.403 e. The average molecular weight is 432 g/mol. The molecule has 32 heavy (non-hydrogen) atoms. The number of benzene rings is 2. The van der Waals surface area contributed by atoms with Gasteiger partial charge in [0.15, 0.2) is 5.82 Å². The molecule has 9 heteroatoms. The topological polar surface area (TPSA) is 101 Å².